The summed E-state index contributed by atoms with van der Waals surface area (Å²) in [6.45, 7) is 8.95. The standard InChI is InChI=1S/C24H31F2N5O4/c1-5-31-19-11-30(10-18(19)28-22(31)21(27)32)14-9-17(29-23(33)35-24(2,3)4)20(34-12-14)15-8-13(25)6-7-16(15)26/h6-8,14,17,20H,5,9-12H2,1-4H3,(H2,27,32)(H,29,33)/t14-,17+,20-/m1/s1. The molecule has 1 fully saturated rings. The fourth-order valence-electron chi connectivity index (χ4n) is 4.77. The maximum absolute atomic E-state index is 14.6. The molecular formula is C24H31F2N5O4. The van der Waals surface area contributed by atoms with Crippen LogP contribution in [-0.2, 0) is 29.1 Å². The lowest BCUT2D eigenvalue weighted by Crippen LogP contribution is -2.52. The van der Waals surface area contributed by atoms with E-state index in [0.29, 0.717) is 26.1 Å². The van der Waals surface area contributed by atoms with E-state index >= 15 is 0 Å². The number of hydrogen-bond donors (Lipinski definition) is 2. The minimum Gasteiger partial charge on any atom is -0.444 e. The van der Waals surface area contributed by atoms with Crippen molar-refractivity contribution in [2.45, 2.75) is 77.5 Å². The lowest BCUT2D eigenvalue weighted by molar-refractivity contribution is -0.0630. The van der Waals surface area contributed by atoms with E-state index in [2.05, 4.69) is 15.2 Å². The van der Waals surface area contributed by atoms with Crippen LogP contribution in [0.3, 0.4) is 0 Å². The number of halogens is 2. The van der Waals surface area contributed by atoms with Gasteiger partial charge in [0.15, 0.2) is 5.82 Å². The molecule has 2 aliphatic rings. The Balaban J connectivity index is 1.55. The SMILES string of the molecule is CCn1c(C(N)=O)nc2c1CN([C@H]1CO[C@H](c3cc(F)ccc3F)[C@@H](NC(=O)OC(C)(C)C)C1)C2. The largest absolute Gasteiger partial charge is 0.444 e. The topological polar surface area (TPSA) is 112 Å². The molecule has 0 bridgehead atoms. The van der Waals surface area contributed by atoms with Crippen LogP contribution in [0.5, 0.6) is 0 Å². The van der Waals surface area contributed by atoms with Gasteiger partial charge in [-0.2, -0.15) is 0 Å². The van der Waals surface area contributed by atoms with Crippen molar-refractivity contribution in [1.82, 2.24) is 19.8 Å². The van der Waals surface area contributed by atoms with E-state index in [1.807, 2.05) is 11.5 Å². The summed E-state index contributed by atoms with van der Waals surface area (Å²) in [5.74, 6) is -1.54. The van der Waals surface area contributed by atoms with Gasteiger partial charge in [-0.05, 0) is 52.3 Å². The Hall–Kier alpha value is -3.05. The van der Waals surface area contributed by atoms with E-state index in [1.165, 1.54) is 0 Å². The van der Waals surface area contributed by atoms with Crippen LogP contribution in [0.25, 0.3) is 0 Å². The van der Waals surface area contributed by atoms with Gasteiger partial charge in [0.05, 0.1) is 24.0 Å². The third-order valence-corrected chi connectivity index (χ3v) is 6.24. The average molecular weight is 492 g/mol. The smallest absolute Gasteiger partial charge is 0.407 e. The highest BCUT2D eigenvalue weighted by atomic mass is 19.1. The second-order valence-corrected chi connectivity index (χ2v) is 9.90. The summed E-state index contributed by atoms with van der Waals surface area (Å²) in [5.41, 5.74) is 6.47. The van der Waals surface area contributed by atoms with Gasteiger partial charge < -0.3 is 25.1 Å². The van der Waals surface area contributed by atoms with Gasteiger partial charge in [-0.25, -0.2) is 18.6 Å². The fraction of sp³-hybridized carbons (Fsp3) is 0.542. The average Bonchev–Trinajstić information content (AvgIpc) is 3.32. The van der Waals surface area contributed by atoms with Crippen LogP contribution in [-0.4, -0.2) is 50.7 Å². The molecule has 2 amide bonds. The number of hydrogen-bond acceptors (Lipinski definition) is 6. The molecule has 0 radical (unpaired) electrons. The van der Waals surface area contributed by atoms with Gasteiger partial charge in [-0.3, -0.25) is 9.69 Å². The number of nitrogens with one attached hydrogen (secondary N) is 1. The Kier molecular flexibility index (Phi) is 6.83. The molecule has 1 aromatic heterocycles. The number of fused-ring (bicyclic) bond motifs is 1. The summed E-state index contributed by atoms with van der Waals surface area (Å²) in [6, 6.07) is 2.38. The monoisotopic (exact) mass is 491 g/mol. The quantitative estimate of drug-likeness (QED) is 0.665. The van der Waals surface area contributed by atoms with E-state index in [-0.39, 0.29) is 24.0 Å². The van der Waals surface area contributed by atoms with Crippen molar-refractivity contribution < 1.29 is 27.8 Å². The van der Waals surface area contributed by atoms with Crippen LogP contribution in [0.15, 0.2) is 18.2 Å². The number of carbonyl (C=O) groups is 2. The van der Waals surface area contributed by atoms with E-state index < -0.39 is 41.4 Å². The van der Waals surface area contributed by atoms with Crippen molar-refractivity contribution in [3.63, 3.8) is 0 Å². The Labute approximate surface area is 202 Å². The zero-order chi connectivity index (χ0) is 25.5. The lowest BCUT2D eigenvalue weighted by Gasteiger charge is -2.40. The molecule has 190 valence electrons. The molecule has 35 heavy (non-hydrogen) atoms. The summed E-state index contributed by atoms with van der Waals surface area (Å²) in [5, 5.41) is 2.80. The predicted molar refractivity (Wildman–Crippen MR) is 122 cm³/mol. The van der Waals surface area contributed by atoms with Crippen LogP contribution in [0.1, 0.15) is 67.8 Å². The second kappa shape index (κ2) is 9.54. The number of nitrogens with two attached hydrogens (primary N) is 1. The number of benzene rings is 1. The minimum absolute atomic E-state index is 0.0411. The first-order chi connectivity index (χ1) is 16.5. The minimum atomic E-state index is -0.886. The highest BCUT2D eigenvalue weighted by Gasteiger charge is 2.40. The van der Waals surface area contributed by atoms with Crippen LogP contribution >= 0.6 is 0 Å². The van der Waals surface area contributed by atoms with Gasteiger partial charge in [0.25, 0.3) is 5.91 Å². The number of imidazole rings is 1. The number of nitrogens with zero attached hydrogens (tertiary/aromatic N) is 3. The maximum Gasteiger partial charge on any atom is 0.407 e. The molecule has 2 aliphatic heterocycles. The molecule has 0 unspecified atom stereocenters. The van der Waals surface area contributed by atoms with Crippen molar-refractivity contribution >= 4 is 12.0 Å². The van der Waals surface area contributed by atoms with Crippen molar-refractivity contribution in [2.24, 2.45) is 5.73 Å². The zero-order valence-corrected chi connectivity index (χ0v) is 20.3. The Morgan fingerprint density at radius 2 is 2.03 bits per heavy atom. The summed E-state index contributed by atoms with van der Waals surface area (Å²) in [4.78, 5) is 30.9. The van der Waals surface area contributed by atoms with E-state index in [1.54, 1.807) is 20.8 Å². The molecule has 0 spiro atoms. The van der Waals surface area contributed by atoms with Crippen molar-refractivity contribution in [2.75, 3.05) is 6.61 Å². The third kappa shape index (κ3) is 5.30. The molecular weight excluding hydrogens is 460 g/mol. The molecule has 4 rings (SSSR count). The highest BCUT2D eigenvalue weighted by molar-refractivity contribution is 5.89. The number of primary amides is 1. The number of alkyl carbamates (subject to hydrolysis) is 1. The number of amides is 2. The fourth-order valence-corrected chi connectivity index (χ4v) is 4.77. The van der Waals surface area contributed by atoms with E-state index in [9.17, 15) is 18.4 Å². The van der Waals surface area contributed by atoms with Crippen LogP contribution in [0, 0.1) is 11.6 Å². The van der Waals surface area contributed by atoms with Crippen molar-refractivity contribution in [3.8, 4) is 0 Å². The Morgan fingerprint density at radius 3 is 2.69 bits per heavy atom. The van der Waals surface area contributed by atoms with Gasteiger partial charge >= 0.3 is 6.09 Å². The van der Waals surface area contributed by atoms with Crippen LogP contribution in [0.4, 0.5) is 13.6 Å². The Morgan fingerprint density at radius 1 is 1.29 bits per heavy atom. The molecule has 1 aromatic carbocycles. The Bertz CT molecular complexity index is 1130. The molecule has 3 atom stereocenters. The normalized spacial score (nSPS) is 22.6. The van der Waals surface area contributed by atoms with E-state index in [4.69, 9.17) is 15.2 Å². The maximum atomic E-state index is 14.6. The predicted octanol–water partition coefficient (Wildman–Crippen LogP) is 3.02. The number of aromatic nitrogens is 2. The summed E-state index contributed by atoms with van der Waals surface area (Å²) >= 11 is 0. The first kappa shape index (κ1) is 25.1. The molecule has 0 aliphatic carbocycles. The lowest BCUT2D eigenvalue weighted by atomic mass is 9.92. The molecule has 2 aromatic rings. The first-order valence-corrected chi connectivity index (χ1v) is 11.6. The van der Waals surface area contributed by atoms with Crippen LogP contribution in [0.2, 0.25) is 0 Å². The highest BCUT2D eigenvalue weighted by Crippen LogP contribution is 2.35. The number of rotatable bonds is 5. The molecule has 3 heterocycles. The molecule has 11 heteroatoms. The number of carbonyl (C=O) groups excluding carboxylic acids is 2. The van der Waals surface area contributed by atoms with Gasteiger partial charge in [0.2, 0.25) is 0 Å². The molecule has 1 saturated heterocycles. The van der Waals surface area contributed by atoms with Gasteiger partial charge in [0.1, 0.15) is 23.3 Å². The van der Waals surface area contributed by atoms with E-state index in [0.717, 1.165) is 29.6 Å². The third-order valence-electron chi connectivity index (χ3n) is 6.24. The summed E-state index contributed by atoms with van der Waals surface area (Å²) < 4.78 is 41.8. The first-order valence-electron chi connectivity index (χ1n) is 11.6. The molecule has 9 nitrogen and oxygen atoms in total. The summed E-state index contributed by atoms with van der Waals surface area (Å²) in [7, 11) is 0. The van der Waals surface area contributed by atoms with Gasteiger partial charge in [0, 0.05) is 31.2 Å². The van der Waals surface area contributed by atoms with Crippen LogP contribution < -0.4 is 11.1 Å². The molecule has 0 saturated carbocycles. The van der Waals surface area contributed by atoms with Gasteiger partial charge in [-0.15, -0.1) is 0 Å². The zero-order valence-electron chi connectivity index (χ0n) is 20.3. The van der Waals surface area contributed by atoms with Gasteiger partial charge in [-0.1, -0.05) is 0 Å². The molecule has 3 N–H and O–H groups in total. The van der Waals surface area contributed by atoms with Crippen molar-refractivity contribution in [3.05, 3.63) is 52.6 Å². The number of ether oxygens (including phenoxy) is 2. The summed E-state index contributed by atoms with van der Waals surface area (Å²) in [6.07, 6.45) is -1.13. The van der Waals surface area contributed by atoms with Crippen molar-refractivity contribution in [1.29, 1.82) is 0 Å². The second-order valence-electron chi connectivity index (χ2n) is 9.90.